The molecule has 1 aromatic carbocycles. The molecule has 2 heterocycles. The van der Waals surface area contributed by atoms with Gasteiger partial charge in [-0.15, -0.1) is 0 Å². The Bertz CT molecular complexity index is 556. The zero-order chi connectivity index (χ0) is 12.4. The molecular formula is C14H15N3O. The summed E-state index contributed by atoms with van der Waals surface area (Å²) in [7, 11) is 0. The van der Waals surface area contributed by atoms with Crippen LogP contribution in [-0.2, 0) is 13.0 Å². The monoisotopic (exact) mass is 241 g/mol. The summed E-state index contributed by atoms with van der Waals surface area (Å²) in [6.07, 6.45) is 5.57. The lowest BCUT2D eigenvalue weighted by molar-refractivity contribution is 0.276. The highest BCUT2D eigenvalue weighted by atomic mass is 16.3. The molecule has 1 N–H and O–H groups in total. The van der Waals surface area contributed by atoms with Gasteiger partial charge >= 0.3 is 0 Å². The van der Waals surface area contributed by atoms with Crippen molar-refractivity contribution in [1.29, 1.82) is 0 Å². The molecule has 0 spiro atoms. The Hall–Kier alpha value is -1.94. The third kappa shape index (κ3) is 1.95. The van der Waals surface area contributed by atoms with E-state index >= 15 is 0 Å². The Labute approximate surface area is 106 Å². The number of benzene rings is 1. The van der Waals surface area contributed by atoms with Crippen molar-refractivity contribution in [3.8, 4) is 0 Å². The molecule has 0 amide bonds. The molecule has 0 fully saturated rings. The number of anilines is 2. The van der Waals surface area contributed by atoms with E-state index in [4.69, 9.17) is 5.11 Å². The molecule has 4 heteroatoms. The van der Waals surface area contributed by atoms with Crippen LogP contribution in [-0.4, -0.2) is 21.6 Å². The lowest BCUT2D eigenvalue weighted by atomic mass is 10.0. The van der Waals surface area contributed by atoms with E-state index in [0.717, 1.165) is 25.2 Å². The van der Waals surface area contributed by atoms with E-state index in [9.17, 15) is 0 Å². The fourth-order valence-corrected chi connectivity index (χ4v) is 2.37. The standard InChI is InChI=1S/C14H15N3O/c18-10-12-8-15-9-14(16-12)17-7-3-5-11-4-1-2-6-13(11)17/h1-2,4,6,8-9,18H,3,5,7,10H2. The second-order valence-electron chi connectivity index (χ2n) is 4.41. The quantitative estimate of drug-likeness (QED) is 0.874. The Morgan fingerprint density at radius 3 is 3.00 bits per heavy atom. The molecule has 18 heavy (non-hydrogen) atoms. The Morgan fingerprint density at radius 2 is 2.11 bits per heavy atom. The predicted octanol–water partition coefficient (Wildman–Crippen LogP) is 2.05. The number of para-hydroxylation sites is 1. The van der Waals surface area contributed by atoms with Gasteiger partial charge in [-0.05, 0) is 24.5 Å². The van der Waals surface area contributed by atoms with Gasteiger partial charge in [-0.2, -0.15) is 0 Å². The first-order valence-electron chi connectivity index (χ1n) is 6.16. The first kappa shape index (κ1) is 11.2. The summed E-state index contributed by atoms with van der Waals surface area (Å²) in [6, 6.07) is 8.38. The van der Waals surface area contributed by atoms with E-state index in [-0.39, 0.29) is 6.61 Å². The van der Waals surface area contributed by atoms with Crippen LogP contribution in [0.3, 0.4) is 0 Å². The largest absolute Gasteiger partial charge is 0.390 e. The van der Waals surface area contributed by atoms with Crippen molar-refractivity contribution in [2.75, 3.05) is 11.4 Å². The molecule has 4 nitrogen and oxygen atoms in total. The van der Waals surface area contributed by atoms with E-state index in [1.807, 2.05) is 6.07 Å². The van der Waals surface area contributed by atoms with Crippen molar-refractivity contribution < 1.29 is 5.11 Å². The Balaban J connectivity index is 2.02. The van der Waals surface area contributed by atoms with Gasteiger partial charge in [0.2, 0.25) is 0 Å². The molecular weight excluding hydrogens is 226 g/mol. The van der Waals surface area contributed by atoms with Crippen molar-refractivity contribution in [1.82, 2.24) is 9.97 Å². The summed E-state index contributed by atoms with van der Waals surface area (Å²) in [5.74, 6) is 0.814. The van der Waals surface area contributed by atoms with Gasteiger partial charge < -0.3 is 10.0 Å². The van der Waals surface area contributed by atoms with Crippen molar-refractivity contribution in [2.45, 2.75) is 19.4 Å². The maximum absolute atomic E-state index is 9.13. The number of rotatable bonds is 2. The highest BCUT2D eigenvalue weighted by Crippen LogP contribution is 2.31. The van der Waals surface area contributed by atoms with Crippen LogP contribution in [0.4, 0.5) is 11.5 Å². The second kappa shape index (κ2) is 4.74. The Kier molecular flexibility index (Phi) is 2.94. The van der Waals surface area contributed by atoms with E-state index < -0.39 is 0 Å². The van der Waals surface area contributed by atoms with E-state index in [1.165, 1.54) is 11.3 Å². The summed E-state index contributed by atoms with van der Waals surface area (Å²) in [6.45, 7) is 0.872. The molecule has 0 saturated heterocycles. The van der Waals surface area contributed by atoms with E-state index in [1.54, 1.807) is 12.4 Å². The van der Waals surface area contributed by atoms with Gasteiger partial charge in [-0.25, -0.2) is 4.98 Å². The van der Waals surface area contributed by atoms with Crippen LogP contribution >= 0.6 is 0 Å². The third-order valence-corrected chi connectivity index (χ3v) is 3.22. The average molecular weight is 241 g/mol. The molecule has 1 aliphatic rings. The maximum atomic E-state index is 9.13. The number of aryl methyl sites for hydroxylation is 1. The highest BCUT2D eigenvalue weighted by molar-refractivity contribution is 5.64. The highest BCUT2D eigenvalue weighted by Gasteiger charge is 2.18. The SMILES string of the molecule is OCc1cncc(N2CCCc3ccccc32)n1. The number of fused-ring (bicyclic) bond motifs is 1. The fourth-order valence-electron chi connectivity index (χ4n) is 2.37. The molecule has 0 saturated carbocycles. The molecule has 92 valence electrons. The summed E-state index contributed by atoms with van der Waals surface area (Å²) in [5.41, 5.74) is 3.16. The summed E-state index contributed by atoms with van der Waals surface area (Å²) in [4.78, 5) is 10.7. The summed E-state index contributed by atoms with van der Waals surface area (Å²) >= 11 is 0. The smallest absolute Gasteiger partial charge is 0.151 e. The number of aliphatic hydroxyl groups excluding tert-OH is 1. The Morgan fingerprint density at radius 1 is 1.22 bits per heavy atom. The average Bonchev–Trinajstić information content (AvgIpc) is 2.47. The third-order valence-electron chi connectivity index (χ3n) is 3.22. The van der Waals surface area contributed by atoms with Crippen LogP contribution in [0.5, 0.6) is 0 Å². The minimum atomic E-state index is -0.0731. The fraction of sp³-hybridized carbons (Fsp3) is 0.286. The minimum Gasteiger partial charge on any atom is -0.390 e. The lowest BCUT2D eigenvalue weighted by Gasteiger charge is -2.30. The predicted molar refractivity (Wildman–Crippen MR) is 69.7 cm³/mol. The minimum absolute atomic E-state index is 0.0731. The normalized spacial score (nSPS) is 14.4. The molecule has 2 aromatic rings. The number of hydrogen-bond donors (Lipinski definition) is 1. The number of aromatic nitrogens is 2. The second-order valence-corrected chi connectivity index (χ2v) is 4.41. The molecule has 0 unspecified atom stereocenters. The first-order valence-corrected chi connectivity index (χ1v) is 6.16. The van der Waals surface area contributed by atoms with Gasteiger partial charge in [-0.3, -0.25) is 4.98 Å². The molecule has 0 radical (unpaired) electrons. The van der Waals surface area contributed by atoms with Crippen molar-refractivity contribution in [2.24, 2.45) is 0 Å². The molecule has 1 aromatic heterocycles. The maximum Gasteiger partial charge on any atom is 0.151 e. The van der Waals surface area contributed by atoms with Gasteiger partial charge in [0, 0.05) is 12.2 Å². The number of aliphatic hydroxyl groups is 1. The van der Waals surface area contributed by atoms with Gasteiger partial charge in [0.05, 0.1) is 24.7 Å². The summed E-state index contributed by atoms with van der Waals surface area (Å²) < 4.78 is 0. The van der Waals surface area contributed by atoms with Crippen LogP contribution in [0, 0.1) is 0 Å². The molecule has 0 bridgehead atoms. The van der Waals surface area contributed by atoms with Crippen molar-refractivity contribution in [3.05, 3.63) is 47.9 Å². The zero-order valence-corrected chi connectivity index (χ0v) is 10.1. The molecule has 3 rings (SSSR count). The molecule has 0 aliphatic carbocycles. The van der Waals surface area contributed by atoms with Crippen LogP contribution in [0.2, 0.25) is 0 Å². The topological polar surface area (TPSA) is 49.3 Å². The first-order chi connectivity index (χ1) is 8.88. The van der Waals surface area contributed by atoms with Crippen LogP contribution in [0.25, 0.3) is 0 Å². The van der Waals surface area contributed by atoms with E-state index in [0.29, 0.717) is 5.69 Å². The van der Waals surface area contributed by atoms with Crippen LogP contribution < -0.4 is 4.90 Å². The van der Waals surface area contributed by atoms with Gasteiger partial charge in [0.25, 0.3) is 0 Å². The molecule has 0 atom stereocenters. The zero-order valence-electron chi connectivity index (χ0n) is 10.1. The van der Waals surface area contributed by atoms with Crippen molar-refractivity contribution in [3.63, 3.8) is 0 Å². The van der Waals surface area contributed by atoms with Crippen LogP contribution in [0.15, 0.2) is 36.7 Å². The van der Waals surface area contributed by atoms with Gasteiger partial charge in [0.1, 0.15) is 0 Å². The number of hydrogen-bond acceptors (Lipinski definition) is 4. The number of nitrogens with zero attached hydrogens (tertiary/aromatic N) is 3. The van der Waals surface area contributed by atoms with Crippen molar-refractivity contribution >= 4 is 11.5 Å². The molecule has 1 aliphatic heterocycles. The lowest BCUT2D eigenvalue weighted by Crippen LogP contribution is -2.25. The summed E-state index contributed by atoms with van der Waals surface area (Å²) in [5, 5.41) is 9.13. The van der Waals surface area contributed by atoms with Crippen LogP contribution in [0.1, 0.15) is 17.7 Å². The van der Waals surface area contributed by atoms with E-state index in [2.05, 4.69) is 33.1 Å². The van der Waals surface area contributed by atoms with Gasteiger partial charge in [-0.1, -0.05) is 18.2 Å². The van der Waals surface area contributed by atoms with Gasteiger partial charge in [0.15, 0.2) is 5.82 Å².